The molecule has 0 radical (unpaired) electrons. The average Bonchev–Trinajstić information content (AvgIpc) is 2.86. The summed E-state index contributed by atoms with van der Waals surface area (Å²) in [6, 6.07) is 9.75. The SMILES string of the molecule is C#CC(=O)NCc1nnc(-c2ccccc2)s1. The van der Waals surface area contributed by atoms with Crippen LogP contribution in [0.5, 0.6) is 0 Å². The topological polar surface area (TPSA) is 54.9 Å². The number of terminal acetylenes is 1. The third-order valence-electron chi connectivity index (χ3n) is 2.02. The minimum absolute atomic E-state index is 0.313. The molecule has 0 atom stereocenters. The molecule has 1 amide bonds. The molecule has 0 aliphatic rings. The first-order chi connectivity index (χ1) is 8.29. The molecule has 1 heterocycles. The maximum atomic E-state index is 10.9. The van der Waals surface area contributed by atoms with E-state index >= 15 is 0 Å². The van der Waals surface area contributed by atoms with Gasteiger partial charge in [0.1, 0.15) is 10.0 Å². The summed E-state index contributed by atoms with van der Waals surface area (Å²) in [6.45, 7) is 0.313. The van der Waals surface area contributed by atoms with Crippen molar-refractivity contribution in [3.8, 4) is 22.9 Å². The van der Waals surface area contributed by atoms with Crippen molar-refractivity contribution < 1.29 is 4.79 Å². The highest BCUT2D eigenvalue weighted by Crippen LogP contribution is 2.22. The van der Waals surface area contributed by atoms with Gasteiger partial charge in [0.25, 0.3) is 5.91 Å². The fraction of sp³-hybridized carbons (Fsp3) is 0.0833. The van der Waals surface area contributed by atoms with Crippen LogP contribution in [0.4, 0.5) is 0 Å². The third kappa shape index (κ3) is 2.89. The Morgan fingerprint density at radius 2 is 2.12 bits per heavy atom. The van der Waals surface area contributed by atoms with Crippen LogP contribution < -0.4 is 5.32 Å². The van der Waals surface area contributed by atoms with E-state index in [-0.39, 0.29) is 0 Å². The summed E-state index contributed by atoms with van der Waals surface area (Å²) in [4.78, 5) is 10.9. The number of rotatable bonds is 3. The number of nitrogens with one attached hydrogen (secondary N) is 1. The summed E-state index contributed by atoms with van der Waals surface area (Å²) in [5.74, 6) is 1.54. The molecule has 0 bridgehead atoms. The monoisotopic (exact) mass is 243 g/mol. The lowest BCUT2D eigenvalue weighted by Crippen LogP contribution is -2.20. The lowest BCUT2D eigenvalue weighted by molar-refractivity contribution is -0.115. The molecule has 84 valence electrons. The van der Waals surface area contributed by atoms with E-state index in [1.807, 2.05) is 36.3 Å². The first-order valence-electron chi connectivity index (χ1n) is 4.92. The van der Waals surface area contributed by atoms with Gasteiger partial charge in [-0.2, -0.15) is 0 Å². The van der Waals surface area contributed by atoms with Crippen LogP contribution in [0.2, 0.25) is 0 Å². The Balaban J connectivity index is 2.07. The Hall–Kier alpha value is -2.19. The van der Waals surface area contributed by atoms with Gasteiger partial charge in [0.15, 0.2) is 0 Å². The molecular weight excluding hydrogens is 234 g/mol. The number of hydrogen-bond acceptors (Lipinski definition) is 4. The molecule has 2 aromatic rings. The summed E-state index contributed by atoms with van der Waals surface area (Å²) in [5, 5.41) is 12.1. The van der Waals surface area contributed by atoms with Crippen molar-refractivity contribution >= 4 is 17.2 Å². The van der Waals surface area contributed by atoms with Crippen molar-refractivity contribution in [2.24, 2.45) is 0 Å². The van der Waals surface area contributed by atoms with Gasteiger partial charge in [-0.05, 0) is 5.92 Å². The number of carbonyl (C=O) groups is 1. The molecule has 1 aromatic heterocycles. The fourth-order valence-electron chi connectivity index (χ4n) is 1.23. The number of hydrogen-bond donors (Lipinski definition) is 1. The molecule has 0 aliphatic heterocycles. The summed E-state index contributed by atoms with van der Waals surface area (Å²) >= 11 is 1.43. The number of amides is 1. The Morgan fingerprint density at radius 1 is 1.35 bits per heavy atom. The zero-order valence-corrected chi connectivity index (χ0v) is 9.70. The van der Waals surface area contributed by atoms with Gasteiger partial charge in [0, 0.05) is 5.56 Å². The van der Waals surface area contributed by atoms with Crippen LogP contribution in [0.25, 0.3) is 10.6 Å². The van der Waals surface area contributed by atoms with E-state index in [0.717, 1.165) is 15.6 Å². The van der Waals surface area contributed by atoms with Gasteiger partial charge in [0.05, 0.1) is 6.54 Å². The Bertz CT molecular complexity index is 557. The molecule has 0 unspecified atom stereocenters. The largest absolute Gasteiger partial charge is 0.339 e. The predicted molar refractivity (Wildman–Crippen MR) is 66.0 cm³/mol. The van der Waals surface area contributed by atoms with Crippen molar-refractivity contribution in [3.63, 3.8) is 0 Å². The Morgan fingerprint density at radius 3 is 2.82 bits per heavy atom. The van der Waals surface area contributed by atoms with E-state index in [1.165, 1.54) is 11.3 Å². The highest BCUT2D eigenvalue weighted by Gasteiger charge is 2.06. The predicted octanol–water partition coefficient (Wildman–Crippen LogP) is 1.45. The van der Waals surface area contributed by atoms with Crippen LogP contribution in [-0.4, -0.2) is 16.1 Å². The number of carbonyl (C=O) groups excluding carboxylic acids is 1. The lowest BCUT2D eigenvalue weighted by atomic mass is 10.2. The molecule has 0 fully saturated rings. The number of benzene rings is 1. The van der Waals surface area contributed by atoms with Crippen LogP contribution >= 0.6 is 11.3 Å². The Kier molecular flexibility index (Phi) is 3.48. The molecule has 5 heteroatoms. The van der Waals surface area contributed by atoms with Gasteiger partial charge in [-0.1, -0.05) is 41.7 Å². The van der Waals surface area contributed by atoms with E-state index in [1.54, 1.807) is 0 Å². The van der Waals surface area contributed by atoms with Crippen LogP contribution in [0.1, 0.15) is 5.01 Å². The minimum atomic E-state index is -0.443. The molecule has 1 aromatic carbocycles. The summed E-state index contributed by atoms with van der Waals surface area (Å²) in [6.07, 6.45) is 4.94. The van der Waals surface area contributed by atoms with Crippen molar-refractivity contribution in [1.29, 1.82) is 0 Å². The molecule has 0 saturated carbocycles. The average molecular weight is 243 g/mol. The van der Waals surface area contributed by atoms with E-state index in [0.29, 0.717) is 6.54 Å². The molecule has 2 rings (SSSR count). The highest BCUT2D eigenvalue weighted by atomic mass is 32.1. The normalized spacial score (nSPS) is 9.59. The van der Waals surface area contributed by atoms with Crippen LogP contribution in [0.15, 0.2) is 30.3 Å². The Labute approximate surface area is 103 Å². The van der Waals surface area contributed by atoms with E-state index in [2.05, 4.69) is 15.5 Å². The summed E-state index contributed by atoms with van der Waals surface area (Å²) in [5.41, 5.74) is 1.01. The molecular formula is C12H9N3OS. The van der Waals surface area contributed by atoms with Gasteiger partial charge in [-0.25, -0.2) is 0 Å². The quantitative estimate of drug-likeness (QED) is 0.830. The van der Waals surface area contributed by atoms with Gasteiger partial charge in [-0.15, -0.1) is 16.6 Å². The molecule has 0 aliphatic carbocycles. The van der Waals surface area contributed by atoms with E-state index in [9.17, 15) is 4.79 Å². The van der Waals surface area contributed by atoms with Crippen LogP contribution in [-0.2, 0) is 11.3 Å². The number of nitrogens with zero attached hydrogens (tertiary/aromatic N) is 2. The molecule has 17 heavy (non-hydrogen) atoms. The molecule has 0 saturated heterocycles. The van der Waals surface area contributed by atoms with Gasteiger partial charge >= 0.3 is 0 Å². The van der Waals surface area contributed by atoms with Crippen molar-refractivity contribution in [3.05, 3.63) is 35.3 Å². The van der Waals surface area contributed by atoms with Crippen LogP contribution in [0.3, 0.4) is 0 Å². The van der Waals surface area contributed by atoms with Crippen LogP contribution in [0, 0.1) is 12.3 Å². The number of aromatic nitrogens is 2. The van der Waals surface area contributed by atoms with E-state index < -0.39 is 5.91 Å². The van der Waals surface area contributed by atoms with Crippen molar-refractivity contribution in [2.75, 3.05) is 0 Å². The molecule has 0 spiro atoms. The second-order valence-electron chi connectivity index (χ2n) is 3.19. The maximum Gasteiger partial charge on any atom is 0.295 e. The first kappa shape index (κ1) is 11.3. The highest BCUT2D eigenvalue weighted by molar-refractivity contribution is 7.14. The molecule has 4 nitrogen and oxygen atoms in total. The zero-order chi connectivity index (χ0) is 12.1. The first-order valence-corrected chi connectivity index (χ1v) is 5.73. The van der Waals surface area contributed by atoms with Gasteiger partial charge in [0.2, 0.25) is 0 Å². The second kappa shape index (κ2) is 5.23. The molecule has 1 N–H and O–H groups in total. The zero-order valence-electron chi connectivity index (χ0n) is 8.88. The van der Waals surface area contributed by atoms with Crippen molar-refractivity contribution in [2.45, 2.75) is 6.54 Å². The lowest BCUT2D eigenvalue weighted by Gasteiger charge is -1.94. The fourth-order valence-corrected chi connectivity index (χ4v) is 2.01. The summed E-state index contributed by atoms with van der Waals surface area (Å²) < 4.78 is 0. The second-order valence-corrected chi connectivity index (χ2v) is 4.26. The summed E-state index contributed by atoms with van der Waals surface area (Å²) in [7, 11) is 0. The van der Waals surface area contributed by atoms with Gasteiger partial charge in [-0.3, -0.25) is 4.79 Å². The van der Waals surface area contributed by atoms with Crippen molar-refractivity contribution in [1.82, 2.24) is 15.5 Å². The maximum absolute atomic E-state index is 10.9. The smallest absolute Gasteiger partial charge is 0.295 e. The van der Waals surface area contributed by atoms with Gasteiger partial charge < -0.3 is 5.32 Å². The van der Waals surface area contributed by atoms with E-state index in [4.69, 9.17) is 6.42 Å². The standard InChI is InChI=1S/C12H9N3OS/c1-2-10(16)13-8-11-14-15-12(17-11)9-6-4-3-5-7-9/h1,3-7H,8H2,(H,13,16). The minimum Gasteiger partial charge on any atom is -0.339 e. The third-order valence-corrected chi connectivity index (χ3v) is 2.99.